The van der Waals surface area contributed by atoms with E-state index in [0.29, 0.717) is 5.16 Å². The molecular weight excluding hydrogens is 374 g/mol. The summed E-state index contributed by atoms with van der Waals surface area (Å²) in [6, 6.07) is 5.50. The monoisotopic (exact) mass is 399 g/mol. The molecule has 7 N–H and O–H groups in total. The van der Waals surface area contributed by atoms with Crippen molar-refractivity contribution in [3.8, 4) is 11.5 Å². The maximum atomic E-state index is 12.7. The fourth-order valence-electron chi connectivity index (χ4n) is 2.61. The Bertz CT molecular complexity index is 886. The third-order valence-electron chi connectivity index (χ3n) is 3.90. The van der Waals surface area contributed by atoms with Crippen LogP contribution in [0, 0.1) is 13.8 Å². The van der Waals surface area contributed by atoms with Crippen molar-refractivity contribution in [3.63, 3.8) is 0 Å². The molecule has 150 valence electrons. The third kappa shape index (κ3) is 4.87. The second-order valence-electron chi connectivity index (χ2n) is 5.46. The summed E-state index contributed by atoms with van der Waals surface area (Å²) in [7, 11) is 3.23. The molecule has 0 amide bonds. The molecule has 3 rings (SSSR count). The van der Waals surface area contributed by atoms with E-state index in [1.807, 2.05) is 32.0 Å². The highest BCUT2D eigenvalue weighted by molar-refractivity contribution is 7.90. The second-order valence-corrected chi connectivity index (χ2v) is 6.83. The van der Waals surface area contributed by atoms with Gasteiger partial charge in [-0.05, 0) is 26.0 Å². The maximum absolute atomic E-state index is 12.7. The summed E-state index contributed by atoms with van der Waals surface area (Å²) in [5.74, 6) is 1.79. The molecule has 0 aliphatic rings. The lowest BCUT2D eigenvalue weighted by Crippen LogP contribution is -2.10. The molecule has 10 heteroatoms. The van der Waals surface area contributed by atoms with Crippen molar-refractivity contribution in [2.24, 2.45) is 0 Å². The number of methoxy groups -OCH3 is 2. The van der Waals surface area contributed by atoms with Crippen LogP contribution < -0.4 is 9.47 Å². The number of hydrogen-bond acceptors (Lipinski definition) is 5. The van der Waals surface area contributed by atoms with E-state index in [-0.39, 0.29) is 22.2 Å². The van der Waals surface area contributed by atoms with E-state index < -0.39 is 11.2 Å². The summed E-state index contributed by atoms with van der Waals surface area (Å²) in [5, 5.41) is 0.430. The average molecular weight is 399 g/mol. The van der Waals surface area contributed by atoms with Gasteiger partial charge in [-0.25, -0.2) is 0 Å². The first-order valence-corrected chi connectivity index (χ1v) is 8.76. The Morgan fingerprint density at radius 2 is 1.81 bits per heavy atom. The number of imidazole rings is 1. The van der Waals surface area contributed by atoms with Crippen LogP contribution in [0.25, 0.3) is 11.0 Å². The highest BCUT2D eigenvalue weighted by Gasteiger charge is 2.21. The fourth-order valence-corrected chi connectivity index (χ4v) is 3.71. The van der Waals surface area contributed by atoms with Crippen molar-refractivity contribution in [2.45, 2.75) is 24.8 Å². The highest BCUT2D eigenvalue weighted by Crippen LogP contribution is 2.27. The van der Waals surface area contributed by atoms with Gasteiger partial charge in [0.05, 0.1) is 30.9 Å². The summed E-state index contributed by atoms with van der Waals surface area (Å²) >= 11 is -1.33. The van der Waals surface area contributed by atoms with Crippen LogP contribution in [0.5, 0.6) is 11.5 Å². The number of ether oxygens (including phenoxy) is 2. The van der Waals surface area contributed by atoms with Gasteiger partial charge < -0.3 is 30.5 Å². The van der Waals surface area contributed by atoms with Crippen LogP contribution in [-0.4, -0.2) is 50.2 Å². The van der Waals surface area contributed by atoms with Gasteiger partial charge in [-0.2, -0.15) is 4.98 Å². The predicted molar refractivity (Wildman–Crippen MR) is 104 cm³/mol. The highest BCUT2D eigenvalue weighted by atomic mass is 32.2. The van der Waals surface area contributed by atoms with Crippen LogP contribution in [0.1, 0.15) is 16.8 Å². The van der Waals surface area contributed by atoms with Crippen LogP contribution in [0.2, 0.25) is 0 Å². The molecule has 1 atom stereocenters. The lowest BCUT2D eigenvalue weighted by atomic mass is 10.1. The average Bonchev–Trinajstić information content (AvgIpc) is 3.01. The van der Waals surface area contributed by atoms with Gasteiger partial charge >= 0.3 is 5.16 Å². The van der Waals surface area contributed by atoms with Gasteiger partial charge in [-0.3, -0.25) is 9.97 Å². The first kappa shape index (κ1) is 24.6. The Morgan fingerprint density at radius 3 is 2.44 bits per heavy atom. The van der Waals surface area contributed by atoms with E-state index in [4.69, 9.17) is 9.47 Å². The summed E-state index contributed by atoms with van der Waals surface area (Å²) < 4.78 is 23.3. The van der Waals surface area contributed by atoms with E-state index in [9.17, 15) is 4.55 Å². The zero-order valence-corrected chi connectivity index (χ0v) is 16.4. The number of pyridine rings is 1. The van der Waals surface area contributed by atoms with E-state index in [1.165, 1.54) is 0 Å². The second kappa shape index (κ2) is 10.1. The van der Waals surface area contributed by atoms with Crippen molar-refractivity contribution in [1.29, 1.82) is 0 Å². The van der Waals surface area contributed by atoms with Crippen molar-refractivity contribution in [1.82, 2.24) is 15.0 Å². The molecule has 2 aromatic heterocycles. The molecule has 9 nitrogen and oxygen atoms in total. The normalized spacial score (nSPS) is 11.0. The molecule has 0 aliphatic carbocycles. The van der Waals surface area contributed by atoms with E-state index in [1.54, 1.807) is 20.4 Å². The number of hydrogen-bond donors (Lipinski definition) is 1. The van der Waals surface area contributed by atoms with Gasteiger partial charge in [0, 0.05) is 34.6 Å². The van der Waals surface area contributed by atoms with Crippen molar-refractivity contribution < 1.29 is 30.5 Å². The minimum Gasteiger partial charge on any atom is -0.609 e. The predicted octanol–water partition coefficient (Wildman–Crippen LogP) is 0.426. The third-order valence-corrected chi connectivity index (χ3v) is 5.06. The number of nitrogens with one attached hydrogen (secondary N) is 1. The molecule has 1 aromatic carbocycles. The summed E-state index contributed by atoms with van der Waals surface area (Å²) in [6.45, 7) is 3.86. The first-order chi connectivity index (χ1) is 11.5. The number of fused-ring (bicyclic) bond motifs is 1. The van der Waals surface area contributed by atoms with Gasteiger partial charge in [0.15, 0.2) is 5.75 Å². The molecule has 0 saturated carbocycles. The summed E-state index contributed by atoms with van der Waals surface area (Å²) in [6.07, 6.45) is 1.74. The fraction of sp³-hybridized carbons (Fsp3) is 0.294. The molecule has 0 aliphatic heterocycles. The lowest BCUT2D eigenvalue weighted by molar-refractivity contribution is 0.407. The standard InChI is InChI=1S/C17H19N3O3S.3H2O/c1-10-8-18-15(11(2)16(10)23-4)9-24(21)17-19-13-6-5-12(22-3)7-14(13)20-17;;;/h5-8H,9H2,1-4H3,(H,19,20);3*1H2/t24-;;;/m1.../s1. The van der Waals surface area contributed by atoms with Crippen molar-refractivity contribution in [3.05, 3.63) is 41.2 Å². The minimum absolute atomic E-state index is 0. The molecule has 0 saturated heterocycles. The van der Waals surface area contributed by atoms with E-state index in [0.717, 1.165) is 39.4 Å². The molecule has 0 bridgehead atoms. The molecular formula is C17H25N3O6S. The van der Waals surface area contributed by atoms with Gasteiger partial charge in [-0.1, -0.05) is 0 Å². The summed E-state index contributed by atoms with van der Waals surface area (Å²) in [4.78, 5) is 11.9. The van der Waals surface area contributed by atoms with Crippen molar-refractivity contribution in [2.75, 3.05) is 14.2 Å². The zero-order chi connectivity index (χ0) is 17.3. The van der Waals surface area contributed by atoms with Crippen molar-refractivity contribution >= 4 is 22.2 Å². The zero-order valence-electron chi connectivity index (χ0n) is 15.5. The Hall–Kier alpha value is -2.37. The number of aromatic nitrogens is 3. The number of rotatable bonds is 5. The number of aromatic amines is 1. The number of H-pyrrole nitrogens is 1. The van der Waals surface area contributed by atoms with Crippen LogP contribution in [0.4, 0.5) is 0 Å². The number of nitrogens with zero attached hydrogens (tertiary/aromatic N) is 2. The van der Waals surface area contributed by atoms with E-state index in [2.05, 4.69) is 15.0 Å². The SMILES string of the molecule is COc1ccc2nc([S@+]([O-])Cc3ncc(C)c(OC)c3C)[nH]c2c1.O.O.O. The van der Waals surface area contributed by atoms with E-state index >= 15 is 0 Å². The topological polar surface area (TPSA) is 178 Å². The molecule has 2 heterocycles. The molecule has 3 aromatic rings. The largest absolute Gasteiger partial charge is 0.609 e. The Morgan fingerprint density at radius 1 is 1.11 bits per heavy atom. The molecule has 27 heavy (non-hydrogen) atoms. The number of aryl methyl sites for hydroxylation is 1. The molecule has 0 fully saturated rings. The van der Waals surface area contributed by atoms with Crippen LogP contribution in [0.3, 0.4) is 0 Å². The Kier molecular flexibility index (Phi) is 9.21. The molecule has 0 unspecified atom stereocenters. The Balaban J connectivity index is 0.00000225. The van der Waals surface area contributed by atoms with Gasteiger partial charge in [0.2, 0.25) is 0 Å². The quantitative estimate of drug-likeness (QED) is 0.610. The smallest absolute Gasteiger partial charge is 0.322 e. The Labute approximate surface area is 159 Å². The van der Waals surface area contributed by atoms with Gasteiger partial charge in [0.25, 0.3) is 0 Å². The van der Waals surface area contributed by atoms with Crippen LogP contribution >= 0.6 is 0 Å². The number of benzene rings is 1. The minimum atomic E-state index is -1.33. The molecule has 0 radical (unpaired) electrons. The summed E-state index contributed by atoms with van der Waals surface area (Å²) in [5.41, 5.74) is 4.16. The van der Waals surface area contributed by atoms with Gasteiger partial charge in [-0.15, -0.1) is 0 Å². The molecule has 0 spiro atoms. The first-order valence-electron chi connectivity index (χ1n) is 7.44. The van der Waals surface area contributed by atoms with Crippen LogP contribution in [-0.2, 0) is 16.9 Å². The van der Waals surface area contributed by atoms with Gasteiger partial charge in [0.1, 0.15) is 11.5 Å². The maximum Gasteiger partial charge on any atom is 0.322 e. The van der Waals surface area contributed by atoms with Crippen LogP contribution in [0.15, 0.2) is 29.6 Å². The lowest BCUT2D eigenvalue weighted by Gasteiger charge is -2.13.